The van der Waals surface area contributed by atoms with Crippen molar-refractivity contribution >= 4 is 17.4 Å². The van der Waals surface area contributed by atoms with E-state index in [4.69, 9.17) is 11.5 Å². The Kier molecular flexibility index (Phi) is 2.48. The molecule has 5 nitrogen and oxygen atoms in total. The Morgan fingerprint density at radius 3 is 3.06 bits per heavy atom. The fourth-order valence-corrected chi connectivity index (χ4v) is 1.35. The summed E-state index contributed by atoms with van der Waals surface area (Å²) in [6.45, 7) is 0.385. The van der Waals surface area contributed by atoms with E-state index in [1.807, 2.05) is 0 Å². The summed E-state index contributed by atoms with van der Waals surface area (Å²) in [6, 6.07) is 3.15. The molecule has 0 spiro atoms. The number of terminal acetylenes is 1. The van der Waals surface area contributed by atoms with Gasteiger partial charge >= 0.3 is 5.97 Å². The summed E-state index contributed by atoms with van der Waals surface area (Å²) in [5.41, 5.74) is 0.887. The Morgan fingerprint density at radius 1 is 1.56 bits per heavy atom. The minimum Gasteiger partial charge on any atom is -0.478 e. The predicted octanol–water partition coefficient (Wildman–Crippen LogP) is 1.08. The van der Waals surface area contributed by atoms with Crippen LogP contribution in [0.4, 0.5) is 5.82 Å². The van der Waals surface area contributed by atoms with E-state index < -0.39 is 5.97 Å². The first-order chi connectivity index (χ1) is 7.70. The molecule has 2 aromatic rings. The Morgan fingerprint density at radius 2 is 2.38 bits per heavy atom. The summed E-state index contributed by atoms with van der Waals surface area (Å²) in [5.74, 6) is 2.10. The third-order valence-corrected chi connectivity index (χ3v) is 2.07. The van der Waals surface area contributed by atoms with Crippen LogP contribution in [0.3, 0.4) is 0 Å². The van der Waals surface area contributed by atoms with Gasteiger partial charge in [-0.15, -0.1) is 6.42 Å². The molecule has 0 fully saturated rings. The summed E-state index contributed by atoms with van der Waals surface area (Å²) in [6.07, 6.45) is 8.31. The second kappa shape index (κ2) is 3.95. The molecule has 2 heterocycles. The van der Waals surface area contributed by atoms with Crippen molar-refractivity contribution in [2.24, 2.45) is 0 Å². The first kappa shape index (κ1) is 10.1. The molecule has 0 aromatic carbocycles. The summed E-state index contributed by atoms with van der Waals surface area (Å²) >= 11 is 0. The van der Waals surface area contributed by atoms with Crippen LogP contribution in [0.5, 0.6) is 0 Å². The van der Waals surface area contributed by atoms with E-state index >= 15 is 0 Å². The number of fused-ring (bicyclic) bond motifs is 1. The Balaban J connectivity index is 2.39. The number of anilines is 1. The van der Waals surface area contributed by atoms with Crippen molar-refractivity contribution in [2.45, 2.75) is 0 Å². The number of nitrogens with zero attached hydrogens (tertiary/aromatic N) is 2. The van der Waals surface area contributed by atoms with E-state index in [0.29, 0.717) is 18.0 Å². The van der Waals surface area contributed by atoms with E-state index in [0.717, 1.165) is 0 Å². The number of carboxylic acid groups (broad SMARTS) is 1. The maximum absolute atomic E-state index is 10.7. The van der Waals surface area contributed by atoms with Gasteiger partial charge in [0.05, 0.1) is 18.3 Å². The Bertz CT molecular complexity index is 580. The fourth-order valence-electron chi connectivity index (χ4n) is 1.35. The molecule has 16 heavy (non-hydrogen) atoms. The molecule has 2 rings (SSSR count). The molecule has 0 aliphatic carbocycles. The second-order valence-corrected chi connectivity index (χ2v) is 3.17. The number of hydrogen-bond acceptors (Lipinski definition) is 3. The van der Waals surface area contributed by atoms with Crippen LogP contribution in [0.25, 0.3) is 5.65 Å². The molecule has 0 radical (unpaired) electrons. The van der Waals surface area contributed by atoms with Gasteiger partial charge in [-0.05, 0) is 12.1 Å². The SMILES string of the molecule is C#CCNc1cn2cc(C(=O)O)ccc2n1. The van der Waals surface area contributed by atoms with Gasteiger partial charge in [-0.25, -0.2) is 9.78 Å². The third-order valence-electron chi connectivity index (χ3n) is 2.07. The lowest BCUT2D eigenvalue weighted by Gasteiger charge is -1.95. The van der Waals surface area contributed by atoms with E-state index in [9.17, 15) is 4.79 Å². The number of pyridine rings is 1. The predicted molar refractivity (Wildman–Crippen MR) is 59.5 cm³/mol. The van der Waals surface area contributed by atoms with Crippen molar-refractivity contribution in [2.75, 3.05) is 11.9 Å². The van der Waals surface area contributed by atoms with Crippen LogP contribution in [0, 0.1) is 12.3 Å². The maximum Gasteiger partial charge on any atom is 0.337 e. The highest BCUT2D eigenvalue weighted by Crippen LogP contribution is 2.11. The van der Waals surface area contributed by atoms with Gasteiger partial charge in [0.1, 0.15) is 11.5 Å². The molecule has 0 bridgehead atoms. The lowest BCUT2D eigenvalue weighted by molar-refractivity contribution is 0.0696. The summed E-state index contributed by atoms with van der Waals surface area (Å²) in [7, 11) is 0. The lowest BCUT2D eigenvalue weighted by Crippen LogP contribution is -1.98. The number of rotatable bonds is 3. The number of imidazole rings is 1. The quantitative estimate of drug-likeness (QED) is 0.752. The number of aromatic nitrogens is 2. The molecule has 5 heteroatoms. The standard InChI is InChI=1S/C11H9N3O2/c1-2-5-12-9-7-14-6-8(11(15)16)3-4-10(14)13-9/h1,3-4,6-7,12H,5H2,(H,15,16). The molecular formula is C11H9N3O2. The molecule has 2 N–H and O–H groups in total. The normalized spacial score (nSPS) is 9.94. The number of nitrogens with one attached hydrogen (secondary N) is 1. The van der Waals surface area contributed by atoms with Crippen LogP contribution < -0.4 is 5.32 Å². The summed E-state index contributed by atoms with van der Waals surface area (Å²) < 4.78 is 1.64. The third kappa shape index (κ3) is 1.81. The zero-order valence-corrected chi connectivity index (χ0v) is 8.34. The minimum absolute atomic E-state index is 0.216. The number of aromatic carboxylic acids is 1. The van der Waals surface area contributed by atoms with Crippen molar-refractivity contribution in [3.8, 4) is 12.3 Å². The summed E-state index contributed by atoms with van der Waals surface area (Å²) in [5, 5.41) is 11.7. The van der Waals surface area contributed by atoms with Crippen molar-refractivity contribution in [3.05, 3.63) is 30.1 Å². The summed E-state index contributed by atoms with van der Waals surface area (Å²) in [4.78, 5) is 15.0. The van der Waals surface area contributed by atoms with Gasteiger partial charge in [-0.2, -0.15) is 0 Å². The van der Waals surface area contributed by atoms with Crippen molar-refractivity contribution in [1.82, 2.24) is 9.38 Å². The Labute approximate surface area is 91.7 Å². The fraction of sp³-hybridized carbons (Fsp3) is 0.0909. The molecular weight excluding hydrogens is 206 g/mol. The highest BCUT2D eigenvalue weighted by Gasteiger charge is 2.05. The number of hydrogen-bond donors (Lipinski definition) is 2. The molecule has 0 aliphatic rings. The topological polar surface area (TPSA) is 66.6 Å². The molecule has 2 aromatic heterocycles. The maximum atomic E-state index is 10.7. The van der Waals surface area contributed by atoms with Gasteiger partial charge < -0.3 is 14.8 Å². The monoisotopic (exact) mass is 215 g/mol. The van der Waals surface area contributed by atoms with Gasteiger partial charge in [0.15, 0.2) is 0 Å². The van der Waals surface area contributed by atoms with E-state index in [1.165, 1.54) is 12.3 Å². The van der Waals surface area contributed by atoms with Crippen LogP contribution in [0.15, 0.2) is 24.5 Å². The van der Waals surface area contributed by atoms with Crippen molar-refractivity contribution in [3.63, 3.8) is 0 Å². The van der Waals surface area contributed by atoms with Crippen LogP contribution in [-0.4, -0.2) is 27.0 Å². The first-order valence-electron chi connectivity index (χ1n) is 4.60. The van der Waals surface area contributed by atoms with Crippen molar-refractivity contribution in [1.29, 1.82) is 0 Å². The molecule has 0 saturated carbocycles. The van der Waals surface area contributed by atoms with E-state index in [1.54, 1.807) is 16.7 Å². The van der Waals surface area contributed by atoms with Crippen LogP contribution in [0.2, 0.25) is 0 Å². The molecule has 0 saturated heterocycles. The van der Waals surface area contributed by atoms with Crippen molar-refractivity contribution < 1.29 is 9.90 Å². The van der Waals surface area contributed by atoms with Gasteiger partial charge in [0.2, 0.25) is 0 Å². The van der Waals surface area contributed by atoms with E-state index in [-0.39, 0.29) is 5.56 Å². The number of carboxylic acids is 1. The minimum atomic E-state index is -0.964. The van der Waals surface area contributed by atoms with Gasteiger partial charge in [-0.1, -0.05) is 5.92 Å². The zero-order chi connectivity index (χ0) is 11.5. The molecule has 80 valence electrons. The zero-order valence-electron chi connectivity index (χ0n) is 8.34. The average molecular weight is 215 g/mol. The highest BCUT2D eigenvalue weighted by atomic mass is 16.4. The molecule has 0 unspecified atom stereocenters. The van der Waals surface area contributed by atoms with E-state index in [2.05, 4.69) is 16.2 Å². The smallest absolute Gasteiger partial charge is 0.337 e. The molecule has 0 amide bonds. The van der Waals surface area contributed by atoms with Gasteiger partial charge in [-0.3, -0.25) is 0 Å². The second-order valence-electron chi connectivity index (χ2n) is 3.17. The first-order valence-corrected chi connectivity index (χ1v) is 4.60. The van der Waals surface area contributed by atoms with Crippen LogP contribution in [-0.2, 0) is 0 Å². The van der Waals surface area contributed by atoms with Gasteiger partial charge in [0, 0.05) is 6.20 Å². The van der Waals surface area contributed by atoms with Gasteiger partial charge in [0.25, 0.3) is 0 Å². The lowest BCUT2D eigenvalue weighted by atomic mass is 10.3. The Hall–Kier alpha value is -2.48. The molecule has 0 aliphatic heterocycles. The molecule has 0 atom stereocenters. The largest absolute Gasteiger partial charge is 0.478 e. The average Bonchev–Trinajstić information content (AvgIpc) is 2.67. The number of carbonyl (C=O) groups is 1. The van der Waals surface area contributed by atoms with Crippen LogP contribution in [0.1, 0.15) is 10.4 Å². The van der Waals surface area contributed by atoms with Crippen LogP contribution >= 0.6 is 0 Å². The highest BCUT2D eigenvalue weighted by molar-refractivity contribution is 5.87.